The fourth-order valence-electron chi connectivity index (χ4n) is 5.23. The van der Waals surface area contributed by atoms with Gasteiger partial charge in [-0.05, 0) is 31.9 Å². The van der Waals surface area contributed by atoms with E-state index in [1.807, 2.05) is 11.1 Å². The topological polar surface area (TPSA) is 119 Å². The van der Waals surface area contributed by atoms with Crippen LogP contribution in [0.25, 0.3) is 32.2 Å². The molecule has 6 rings (SSSR count). The van der Waals surface area contributed by atoms with Crippen molar-refractivity contribution in [2.24, 2.45) is 0 Å². The van der Waals surface area contributed by atoms with E-state index in [9.17, 15) is 9.65 Å². The van der Waals surface area contributed by atoms with E-state index in [4.69, 9.17) is 15.7 Å². The van der Waals surface area contributed by atoms with Crippen LogP contribution in [0.2, 0.25) is 0 Å². The van der Waals surface area contributed by atoms with E-state index in [-0.39, 0.29) is 37.9 Å². The number of hydrogen-bond acceptors (Lipinski definition) is 10. The van der Waals surface area contributed by atoms with E-state index in [0.717, 1.165) is 56.8 Å². The summed E-state index contributed by atoms with van der Waals surface area (Å²) in [6, 6.07) is 4.86. The number of nitriles is 1. The minimum absolute atomic E-state index is 0.00964. The van der Waals surface area contributed by atoms with Crippen LogP contribution in [0.4, 0.5) is 25.5 Å². The van der Waals surface area contributed by atoms with Gasteiger partial charge in [0.1, 0.15) is 28.1 Å². The second-order valence-corrected chi connectivity index (χ2v) is 10.7. The summed E-state index contributed by atoms with van der Waals surface area (Å²) in [4.78, 5) is 16.2. The highest BCUT2D eigenvalue weighted by atomic mass is 32.1. The number of piperazine rings is 1. The molecule has 0 bridgehead atoms. The molecule has 196 valence electrons. The molecule has 12 heteroatoms. The highest BCUT2D eigenvalue weighted by Crippen LogP contribution is 2.42. The molecule has 38 heavy (non-hydrogen) atoms. The minimum atomic E-state index is -0.647. The quantitative estimate of drug-likeness (QED) is 0.358. The molecule has 3 aromatic heterocycles. The van der Waals surface area contributed by atoms with Gasteiger partial charge in [0.15, 0.2) is 11.6 Å². The van der Waals surface area contributed by atoms with Crippen LogP contribution in [0.5, 0.6) is 0 Å². The average Bonchev–Trinajstić information content (AvgIpc) is 3.07. The van der Waals surface area contributed by atoms with Gasteiger partial charge >= 0.3 is 0 Å². The molecule has 0 unspecified atom stereocenters. The lowest BCUT2D eigenvalue weighted by Crippen LogP contribution is -2.50. The molecule has 4 aromatic rings. The number of thiophene rings is 1. The Hall–Kier alpha value is -3.66. The number of hydrazine groups is 1. The van der Waals surface area contributed by atoms with E-state index in [0.29, 0.717) is 29.3 Å². The van der Waals surface area contributed by atoms with E-state index < -0.39 is 11.6 Å². The largest absolute Gasteiger partial charge is 0.389 e. The number of nitrogens with two attached hydrogens (primary N) is 1. The molecule has 0 aliphatic carbocycles. The highest BCUT2D eigenvalue weighted by Gasteiger charge is 2.27. The average molecular weight is 536 g/mol. The van der Waals surface area contributed by atoms with Crippen LogP contribution < -0.4 is 26.4 Å². The number of nitrogens with one attached hydrogen (secondary N) is 2. The number of fused-ring (bicyclic) bond motifs is 2. The summed E-state index contributed by atoms with van der Waals surface area (Å²) in [6.07, 6.45) is 4.69. The van der Waals surface area contributed by atoms with Gasteiger partial charge in [-0.2, -0.15) is 10.2 Å². The van der Waals surface area contributed by atoms with Crippen molar-refractivity contribution in [2.75, 3.05) is 48.4 Å². The molecular formula is C26H27F2N9S. The van der Waals surface area contributed by atoms with Crippen LogP contribution in [-0.2, 0) is 0 Å². The molecule has 2 fully saturated rings. The van der Waals surface area contributed by atoms with Gasteiger partial charge in [-0.3, -0.25) is 9.99 Å². The zero-order valence-electron chi connectivity index (χ0n) is 20.9. The predicted octanol–water partition coefficient (Wildman–Crippen LogP) is 3.93. The Kier molecular flexibility index (Phi) is 6.43. The molecule has 9 nitrogen and oxygen atoms in total. The second kappa shape index (κ2) is 9.90. The summed E-state index contributed by atoms with van der Waals surface area (Å²) < 4.78 is 31.3. The Morgan fingerprint density at radius 1 is 1.16 bits per heavy atom. The van der Waals surface area contributed by atoms with Crippen molar-refractivity contribution in [1.82, 2.24) is 25.7 Å². The van der Waals surface area contributed by atoms with Gasteiger partial charge in [0.05, 0.1) is 15.6 Å². The van der Waals surface area contributed by atoms with Gasteiger partial charge in [0.2, 0.25) is 5.95 Å². The van der Waals surface area contributed by atoms with Gasteiger partial charge < -0.3 is 16.0 Å². The fourth-order valence-corrected chi connectivity index (χ4v) is 6.18. The third-order valence-corrected chi connectivity index (χ3v) is 8.24. The maximum absolute atomic E-state index is 16.5. The number of rotatable bonds is 3. The summed E-state index contributed by atoms with van der Waals surface area (Å²) in [7, 11) is 0. The van der Waals surface area contributed by atoms with Gasteiger partial charge in [0.25, 0.3) is 0 Å². The third kappa shape index (κ3) is 4.07. The normalized spacial score (nSPS) is 18.6. The Morgan fingerprint density at radius 3 is 2.84 bits per heavy atom. The SMILES string of the molecule is C[C@H]1CNCCN1c1nc(N2CCCCCN2)c2cnc(-c3ccc(F)c4sc(N)c(C#N)c34)c(F)c2n1. The number of pyridine rings is 1. The smallest absolute Gasteiger partial charge is 0.228 e. The summed E-state index contributed by atoms with van der Waals surface area (Å²) in [6.45, 7) is 5.84. The summed E-state index contributed by atoms with van der Waals surface area (Å²) in [5.41, 5.74) is 9.97. The zero-order chi connectivity index (χ0) is 26.4. The maximum atomic E-state index is 16.5. The van der Waals surface area contributed by atoms with Crippen molar-refractivity contribution in [3.05, 3.63) is 35.5 Å². The first-order valence-electron chi connectivity index (χ1n) is 12.7. The Labute approximate surface area is 222 Å². The molecule has 0 spiro atoms. The predicted molar refractivity (Wildman–Crippen MR) is 146 cm³/mol. The Morgan fingerprint density at radius 2 is 2.03 bits per heavy atom. The molecular weight excluding hydrogens is 508 g/mol. The molecule has 2 saturated heterocycles. The number of benzene rings is 1. The van der Waals surface area contributed by atoms with Crippen molar-refractivity contribution in [3.63, 3.8) is 0 Å². The number of aromatic nitrogens is 3. The van der Waals surface area contributed by atoms with E-state index in [2.05, 4.69) is 27.6 Å². The third-order valence-electron chi connectivity index (χ3n) is 7.21. The molecule has 0 radical (unpaired) electrons. The molecule has 0 saturated carbocycles. The summed E-state index contributed by atoms with van der Waals surface area (Å²) in [5, 5.41) is 16.0. The second-order valence-electron chi connectivity index (χ2n) is 9.65. The van der Waals surface area contributed by atoms with Crippen molar-refractivity contribution in [2.45, 2.75) is 32.2 Å². The van der Waals surface area contributed by atoms with Crippen molar-refractivity contribution in [3.8, 4) is 17.3 Å². The lowest BCUT2D eigenvalue weighted by atomic mass is 10.0. The number of nitrogens with zero attached hydrogens (tertiary/aromatic N) is 6. The minimum Gasteiger partial charge on any atom is -0.389 e. The number of nitrogen functional groups attached to an aromatic ring is 1. The van der Waals surface area contributed by atoms with Crippen LogP contribution in [-0.4, -0.2) is 53.7 Å². The van der Waals surface area contributed by atoms with Crippen LogP contribution in [0.3, 0.4) is 0 Å². The van der Waals surface area contributed by atoms with Crippen molar-refractivity contribution >= 4 is 49.1 Å². The van der Waals surface area contributed by atoms with Crippen LogP contribution in [0.15, 0.2) is 18.3 Å². The number of anilines is 3. The highest BCUT2D eigenvalue weighted by molar-refractivity contribution is 7.23. The summed E-state index contributed by atoms with van der Waals surface area (Å²) in [5.74, 6) is -0.135. The first-order valence-corrected chi connectivity index (χ1v) is 13.5. The molecule has 5 heterocycles. The Balaban J connectivity index is 1.59. The van der Waals surface area contributed by atoms with Gasteiger partial charge in [0, 0.05) is 55.9 Å². The fraction of sp³-hybridized carbons (Fsp3) is 0.385. The molecule has 4 N–H and O–H groups in total. The van der Waals surface area contributed by atoms with E-state index in [1.54, 1.807) is 6.20 Å². The van der Waals surface area contributed by atoms with E-state index >= 15 is 4.39 Å². The number of hydrogen-bond donors (Lipinski definition) is 3. The lowest BCUT2D eigenvalue weighted by molar-refractivity contribution is 0.493. The monoisotopic (exact) mass is 535 g/mol. The maximum Gasteiger partial charge on any atom is 0.228 e. The van der Waals surface area contributed by atoms with Crippen LogP contribution in [0, 0.1) is 23.0 Å². The zero-order valence-corrected chi connectivity index (χ0v) is 21.7. The van der Waals surface area contributed by atoms with E-state index in [1.165, 1.54) is 12.1 Å². The summed E-state index contributed by atoms with van der Waals surface area (Å²) >= 11 is 0.970. The first-order chi connectivity index (χ1) is 18.5. The van der Waals surface area contributed by atoms with Gasteiger partial charge in [-0.25, -0.2) is 19.2 Å². The number of halogens is 2. The van der Waals surface area contributed by atoms with Crippen LogP contribution in [0.1, 0.15) is 31.7 Å². The first kappa shape index (κ1) is 24.7. The van der Waals surface area contributed by atoms with Crippen molar-refractivity contribution in [1.29, 1.82) is 5.26 Å². The van der Waals surface area contributed by atoms with Crippen LogP contribution >= 0.6 is 11.3 Å². The molecule has 1 aromatic carbocycles. The molecule has 0 amide bonds. The standard InChI is InChI=1S/C26H27F2N9S/c1-14-12-31-8-10-36(14)26-34-22-17(25(35-26)37-9-4-2-3-7-33-37)13-32-21(20(22)28)15-5-6-18(27)23-19(15)16(11-29)24(30)38-23/h5-6,13-14,31,33H,2-4,7-10,12,30H2,1H3/t14-/m0/s1. The molecule has 2 aliphatic heterocycles. The lowest BCUT2D eigenvalue weighted by Gasteiger charge is -2.35. The molecule has 1 atom stereocenters. The van der Waals surface area contributed by atoms with Crippen molar-refractivity contribution < 1.29 is 8.78 Å². The molecule has 2 aliphatic rings. The Bertz CT molecular complexity index is 1570. The van der Waals surface area contributed by atoms with Gasteiger partial charge in [-0.15, -0.1) is 11.3 Å². The van der Waals surface area contributed by atoms with Gasteiger partial charge in [-0.1, -0.05) is 6.42 Å².